The van der Waals surface area contributed by atoms with Crippen LogP contribution in [-0.2, 0) is 18.3 Å². The van der Waals surface area contributed by atoms with E-state index in [1.54, 1.807) is 6.33 Å². The van der Waals surface area contributed by atoms with Crippen molar-refractivity contribution >= 4 is 28.0 Å². The van der Waals surface area contributed by atoms with Gasteiger partial charge in [-0.2, -0.15) is 0 Å². The molecule has 1 aliphatic heterocycles. The molecular weight excluding hydrogens is 412 g/mol. The van der Waals surface area contributed by atoms with E-state index in [-0.39, 0.29) is 22.8 Å². The molecule has 5 rings (SSSR count). The van der Waals surface area contributed by atoms with Crippen molar-refractivity contribution in [1.29, 1.82) is 0 Å². The van der Waals surface area contributed by atoms with Crippen LogP contribution in [0.5, 0.6) is 0 Å². The van der Waals surface area contributed by atoms with Crippen molar-refractivity contribution in [2.75, 3.05) is 6.54 Å². The third-order valence-electron chi connectivity index (χ3n) is 6.69. The molecule has 0 radical (unpaired) electrons. The standard InChI is InChI=1S/C27H32N4O2/c1-26(2,3)23-14-18-13-22-21(30-25(33-22)27(4,5)6)11-16(18)9-10-31(23)24(32)17-7-8-19-20(12-17)29-15-28-19/h7-8,11-13,15,23H,9-10,14H2,1-6H3,(H,28,29). The summed E-state index contributed by atoms with van der Waals surface area (Å²) >= 11 is 0. The molecule has 33 heavy (non-hydrogen) atoms. The van der Waals surface area contributed by atoms with Gasteiger partial charge < -0.3 is 14.3 Å². The number of hydrogen-bond acceptors (Lipinski definition) is 4. The lowest BCUT2D eigenvalue weighted by Gasteiger charge is -2.39. The number of benzene rings is 2. The molecule has 1 unspecified atom stereocenters. The first-order chi connectivity index (χ1) is 15.5. The van der Waals surface area contributed by atoms with E-state index in [2.05, 4.69) is 68.5 Å². The number of oxazole rings is 1. The maximum Gasteiger partial charge on any atom is 0.254 e. The van der Waals surface area contributed by atoms with Gasteiger partial charge in [0.1, 0.15) is 5.52 Å². The number of nitrogens with zero attached hydrogens (tertiary/aromatic N) is 3. The molecule has 0 aliphatic carbocycles. The molecule has 3 heterocycles. The Balaban J connectivity index is 1.53. The van der Waals surface area contributed by atoms with Gasteiger partial charge in [-0.05, 0) is 59.7 Å². The summed E-state index contributed by atoms with van der Waals surface area (Å²) in [6.45, 7) is 13.7. The second-order valence-corrected chi connectivity index (χ2v) is 11.3. The Kier molecular flexibility index (Phi) is 4.89. The first kappa shape index (κ1) is 21.7. The Morgan fingerprint density at radius 2 is 1.85 bits per heavy atom. The molecular formula is C27H32N4O2. The highest BCUT2D eigenvalue weighted by Crippen LogP contribution is 2.35. The summed E-state index contributed by atoms with van der Waals surface area (Å²) in [7, 11) is 0. The van der Waals surface area contributed by atoms with Gasteiger partial charge in [0.25, 0.3) is 5.91 Å². The van der Waals surface area contributed by atoms with Crippen LogP contribution >= 0.6 is 0 Å². The van der Waals surface area contributed by atoms with Crippen LogP contribution in [0.1, 0.15) is 68.9 Å². The second-order valence-electron chi connectivity index (χ2n) is 11.3. The molecule has 172 valence electrons. The summed E-state index contributed by atoms with van der Waals surface area (Å²) in [6, 6.07) is 10.1. The van der Waals surface area contributed by atoms with E-state index in [0.29, 0.717) is 12.1 Å². The van der Waals surface area contributed by atoms with E-state index >= 15 is 0 Å². The number of amides is 1. The quantitative estimate of drug-likeness (QED) is 0.411. The molecule has 0 bridgehead atoms. The minimum atomic E-state index is -0.136. The van der Waals surface area contributed by atoms with Crippen LogP contribution in [0.3, 0.4) is 0 Å². The molecule has 0 spiro atoms. The fourth-order valence-electron chi connectivity index (χ4n) is 4.77. The fourth-order valence-corrected chi connectivity index (χ4v) is 4.77. The van der Waals surface area contributed by atoms with Gasteiger partial charge in [-0.25, -0.2) is 9.97 Å². The zero-order valence-electron chi connectivity index (χ0n) is 20.3. The van der Waals surface area contributed by atoms with E-state index in [9.17, 15) is 4.79 Å². The Bertz CT molecular complexity index is 1350. The van der Waals surface area contributed by atoms with E-state index in [1.165, 1.54) is 11.1 Å². The summed E-state index contributed by atoms with van der Waals surface area (Å²) in [5, 5.41) is 0. The van der Waals surface area contributed by atoms with Crippen LogP contribution < -0.4 is 0 Å². The topological polar surface area (TPSA) is 75.0 Å². The highest BCUT2D eigenvalue weighted by Gasteiger charge is 2.36. The maximum atomic E-state index is 13.7. The van der Waals surface area contributed by atoms with Crippen molar-refractivity contribution < 1.29 is 9.21 Å². The largest absolute Gasteiger partial charge is 0.440 e. The number of aromatic nitrogens is 3. The Morgan fingerprint density at radius 1 is 1.06 bits per heavy atom. The van der Waals surface area contributed by atoms with Gasteiger partial charge in [-0.3, -0.25) is 4.79 Å². The number of carbonyl (C=O) groups excluding carboxylic acids is 1. The number of rotatable bonds is 1. The lowest BCUT2D eigenvalue weighted by molar-refractivity contribution is 0.0532. The van der Waals surface area contributed by atoms with Crippen molar-refractivity contribution in [1.82, 2.24) is 19.9 Å². The number of imidazole rings is 1. The summed E-state index contributed by atoms with van der Waals surface area (Å²) in [6.07, 6.45) is 3.25. The number of H-pyrrole nitrogens is 1. The molecule has 6 nitrogen and oxygen atoms in total. The van der Waals surface area contributed by atoms with Crippen LogP contribution in [0.2, 0.25) is 0 Å². The molecule has 6 heteroatoms. The van der Waals surface area contributed by atoms with Gasteiger partial charge >= 0.3 is 0 Å². The average molecular weight is 445 g/mol. The van der Waals surface area contributed by atoms with Gasteiger partial charge in [0.15, 0.2) is 5.58 Å². The first-order valence-corrected chi connectivity index (χ1v) is 11.7. The summed E-state index contributed by atoms with van der Waals surface area (Å²) in [5.41, 5.74) is 6.46. The smallest absolute Gasteiger partial charge is 0.254 e. The van der Waals surface area contributed by atoms with Gasteiger partial charge in [0, 0.05) is 23.6 Å². The molecule has 1 amide bonds. The first-order valence-electron chi connectivity index (χ1n) is 11.7. The van der Waals surface area contributed by atoms with Gasteiger partial charge in [0.2, 0.25) is 5.89 Å². The fraction of sp³-hybridized carbons (Fsp3) is 0.444. The third-order valence-corrected chi connectivity index (χ3v) is 6.69. The summed E-state index contributed by atoms with van der Waals surface area (Å²) < 4.78 is 6.14. The van der Waals surface area contributed by atoms with Gasteiger partial charge in [0.05, 0.1) is 17.4 Å². The van der Waals surface area contributed by atoms with Crippen LogP contribution in [0, 0.1) is 5.41 Å². The Morgan fingerprint density at radius 3 is 2.58 bits per heavy atom. The molecule has 4 aromatic rings. The number of carbonyl (C=O) groups is 1. The molecule has 0 saturated carbocycles. The molecule has 1 N–H and O–H groups in total. The van der Waals surface area contributed by atoms with Crippen LogP contribution in [-0.4, -0.2) is 38.3 Å². The number of nitrogens with one attached hydrogen (secondary N) is 1. The molecule has 1 aliphatic rings. The zero-order valence-corrected chi connectivity index (χ0v) is 20.3. The molecule has 2 aromatic carbocycles. The minimum absolute atomic E-state index is 0.0613. The van der Waals surface area contributed by atoms with Crippen molar-refractivity contribution in [2.24, 2.45) is 5.41 Å². The normalized spacial score (nSPS) is 17.4. The molecule has 2 aromatic heterocycles. The van der Waals surface area contributed by atoms with Crippen LogP contribution in [0.15, 0.2) is 41.1 Å². The van der Waals surface area contributed by atoms with E-state index in [1.807, 2.05) is 18.2 Å². The monoisotopic (exact) mass is 444 g/mol. The third kappa shape index (κ3) is 3.92. The zero-order chi connectivity index (χ0) is 23.5. The summed E-state index contributed by atoms with van der Waals surface area (Å²) in [5.74, 6) is 0.826. The van der Waals surface area contributed by atoms with E-state index in [4.69, 9.17) is 9.40 Å². The predicted octanol–water partition coefficient (Wildman–Crippen LogP) is 5.66. The number of hydrogen-bond donors (Lipinski definition) is 1. The molecule has 0 saturated heterocycles. The van der Waals surface area contributed by atoms with Crippen molar-refractivity contribution in [2.45, 2.75) is 65.8 Å². The second kappa shape index (κ2) is 7.44. The number of aromatic amines is 1. The van der Waals surface area contributed by atoms with Crippen LogP contribution in [0.25, 0.3) is 22.1 Å². The lowest BCUT2D eigenvalue weighted by atomic mass is 9.81. The van der Waals surface area contributed by atoms with Crippen molar-refractivity contribution in [3.63, 3.8) is 0 Å². The number of fused-ring (bicyclic) bond motifs is 3. The highest BCUT2D eigenvalue weighted by molar-refractivity contribution is 5.97. The van der Waals surface area contributed by atoms with Crippen molar-refractivity contribution in [3.05, 3.63) is 59.2 Å². The summed E-state index contributed by atoms with van der Waals surface area (Å²) in [4.78, 5) is 27.9. The Hall–Kier alpha value is -3.15. The SMILES string of the molecule is CC(C)(C)c1nc2cc3c(cc2o1)CC(C(C)(C)C)N(C(=O)c1ccc2nc[nH]c2c1)CC3. The van der Waals surface area contributed by atoms with E-state index in [0.717, 1.165) is 40.9 Å². The molecule has 0 fully saturated rings. The van der Waals surface area contributed by atoms with Crippen molar-refractivity contribution in [3.8, 4) is 0 Å². The van der Waals surface area contributed by atoms with Gasteiger partial charge in [-0.1, -0.05) is 41.5 Å². The molecule has 1 atom stereocenters. The minimum Gasteiger partial charge on any atom is -0.440 e. The van der Waals surface area contributed by atoms with E-state index < -0.39 is 0 Å². The van der Waals surface area contributed by atoms with Gasteiger partial charge in [-0.15, -0.1) is 0 Å². The Labute approximate surface area is 194 Å². The average Bonchev–Trinajstić information content (AvgIpc) is 3.32. The predicted molar refractivity (Wildman–Crippen MR) is 130 cm³/mol. The lowest BCUT2D eigenvalue weighted by Crippen LogP contribution is -2.48. The van der Waals surface area contributed by atoms with Crippen LogP contribution in [0.4, 0.5) is 0 Å². The maximum absolute atomic E-state index is 13.7. The highest BCUT2D eigenvalue weighted by atomic mass is 16.3.